The van der Waals surface area contributed by atoms with Gasteiger partial charge in [0.05, 0.1) is 10.8 Å². The quantitative estimate of drug-likeness (QED) is 0.187. The minimum atomic E-state index is -0.970. The zero-order valence-electron chi connectivity index (χ0n) is 12.4. The molecule has 1 atom stereocenters. The molecule has 8 nitrogen and oxygen atoms in total. The summed E-state index contributed by atoms with van der Waals surface area (Å²) in [6, 6.07) is 5.91. The van der Waals surface area contributed by atoms with Gasteiger partial charge < -0.3 is 16.2 Å². The summed E-state index contributed by atoms with van der Waals surface area (Å²) in [5.74, 6) is -0.970. The van der Waals surface area contributed by atoms with E-state index in [1.165, 1.54) is 0 Å². The van der Waals surface area contributed by atoms with Gasteiger partial charge in [0.25, 0.3) is 0 Å². The summed E-state index contributed by atoms with van der Waals surface area (Å²) in [4.78, 5) is 25.5. The summed E-state index contributed by atoms with van der Waals surface area (Å²) in [6.07, 6.45) is 0.851. The lowest BCUT2D eigenvalue weighted by Crippen LogP contribution is -2.45. The second-order valence-corrected chi connectivity index (χ2v) is 4.87. The van der Waals surface area contributed by atoms with Crippen LogP contribution in [0.3, 0.4) is 0 Å². The maximum Gasteiger partial charge on any atom is 0.322 e. The molecule has 2 amide bonds. The molecule has 1 rings (SSSR count). The minimum Gasteiger partial charge on any atom is -0.480 e. The van der Waals surface area contributed by atoms with Crippen LogP contribution in [0, 0.1) is 0 Å². The minimum absolute atomic E-state index is 0.336. The van der Waals surface area contributed by atoms with Crippen LogP contribution < -0.4 is 21.9 Å². The molecule has 0 fully saturated rings. The number of carbonyl (C=O) groups excluding carboxylic acids is 1. The van der Waals surface area contributed by atoms with E-state index in [1.807, 2.05) is 12.1 Å². The zero-order valence-corrected chi connectivity index (χ0v) is 13.2. The van der Waals surface area contributed by atoms with Crippen molar-refractivity contribution in [2.24, 2.45) is 10.7 Å². The topological polar surface area (TPSA) is 129 Å². The molecule has 0 aromatic heterocycles. The van der Waals surface area contributed by atoms with E-state index in [1.54, 1.807) is 12.1 Å². The van der Waals surface area contributed by atoms with E-state index < -0.39 is 18.0 Å². The number of carboxylic acids is 1. The van der Waals surface area contributed by atoms with Crippen molar-refractivity contribution in [1.82, 2.24) is 16.2 Å². The number of thiocarbonyl (C=S) groups is 1. The molecule has 0 saturated heterocycles. The highest BCUT2D eigenvalue weighted by Crippen LogP contribution is 2.11. The zero-order chi connectivity index (χ0) is 17.1. The average Bonchev–Trinajstić information content (AvgIpc) is 2.51. The normalized spacial score (nSPS) is 11.3. The van der Waals surface area contributed by atoms with Gasteiger partial charge in [0, 0.05) is 13.1 Å². The number of hydrogen-bond donors (Lipinski definition) is 5. The molecule has 9 heteroatoms. The van der Waals surface area contributed by atoms with E-state index >= 15 is 0 Å². The SMILES string of the molecule is NC(=O)NCCC[C@H](NNCc1ccc(N=C=S)cc1)C(=O)O. The van der Waals surface area contributed by atoms with E-state index in [9.17, 15) is 9.59 Å². The highest BCUT2D eigenvalue weighted by Gasteiger charge is 2.15. The summed E-state index contributed by atoms with van der Waals surface area (Å²) >= 11 is 4.52. The van der Waals surface area contributed by atoms with E-state index in [4.69, 9.17) is 10.8 Å². The number of rotatable bonds is 10. The van der Waals surface area contributed by atoms with E-state index in [0.29, 0.717) is 31.6 Å². The summed E-state index contributed by atoms with van der Waals surface area (Å²) < 4.78 is 0. The van der Waals surface area contributed by atoms with Gasteiger partial charge in [-0.05, 0) is 42.8 Å². The number of carboxylic acid groups (broad SMARTS) is 1. The standard InChI is InChI=1S/C14H19N5O3S/c15-14(22)16-7-1-2-12(13(20)21)19-18-8-10-3-5-11(6-4-10)17-9-23/h3-6,12,18-19H,1-2,7-8H2,(H,20,21)(H3,15,16,22)/t12-/m0/s1. The van der Waals surface area contributed by atoms with Crippen molar-refractivity contribution in [1.29, 1.82) is 0 Å². The molecule has 1 aromatic carbocycles. The maximum absolute atomic E-state index is 11.1. The van der Waals surface area contributed by atoms with Gasteiger partial charge in [0.15, 0.2) is 0 Å². The Labute approximate surface area is 139 Å². The first-order valence-electron chi connectivity index (χ1n) is 6.94. The molecule has 0 heterocycles. The second-order valence-electron chi connectivity index (χ2n) is 4.69. The Balaban J connectivity index is 2.35. The lowest BCUT2D eigenvalue weighted by atomic mass is 10.1. The highest BCUT2D eigenvalue weighted by atomic mass is 32.1. The number of aliphatic carboxylic acids is 1. The number of carbonyl (C=O) groups is 2. The number of benzene rings is 1. The first kappa shape index (κ1) is 18.7. The maximum atomic E-state index is 11.1. The fourth-order valence-electron chi connectivity index (χ4n) is 1.79. The fourth-order valence-corrected chi connectivity index (χ4v) is 1.90. The first-order valence-corrected chi connectivity index (χ1v) is 7.35. The molecule has 0 bridgehead atoms. The van der Waals surface area contributed by atoms with Crippen LogP contribution >= 0.6 is 12.2 Å². The Morgan fingerprint density at radius 2 is 2.04 bits per heavy atom. The number of hydrogen-bond acceptors (Lipinski definition) is 6. The molecule has 23 heavy (non-hydrogen) atoms. The number of amides is 2. The number of isothiocyanates is 1. The lowest BCUT2D eigenvalue weighted by molar-refractivity contribution is -0.140. The summed E-state index contributed by atoms with van der Waals surface area (Å²) in [7, 11) is 0. The molecule has 0 aliphatic carbocycles. The third-order valence-electron chi connectivity index (χ3n) is 2.95. The number of aliphatic imine (C=N–C) groups is 1. The van der Waals surface area contributed by atoms with Crippen molar-refractivity contribution in [3.05, 3.63) is 29.8 Å². The van der Waals surface area contributed by atoms with Gasteiger partial charge >= 0.3 is 12.0 Å². The Hall–Kier alpha value is -2.32. The molecular weight excluding hydrogens is 318 g/mol. The van der Waals surface area contributed by atoms with E-state index in [2.05, 4.69) is 38.5 Å². The Kier molecular flexibility index (Phi) is 8.48. The molecule has 1 aromatic rings. The molecule has 0 aliphatic heterocycles. The molecule has 124 valence electrons. The van der Waals surface area contributed by atoms with Crippen molar-refractivity contribution in [2.45, 2.75) is 25.4 Å². The summed E-state index contributed by atoms with van der Waals surface area (Å²) in [6.45, 7) is 0.785. The monoisotopic (exact) mass is 337 g/mol. The number of nitrogens with one attached hydrogen (secondary N) is 3. The third kappa shape index (κ3) is 8.03. The van der Waals surface area contributed by atoms with Crippen molar-refractivity contribution < 1.29 is 14.7 Å². The van der Waals surface area contributed by atoms with Gasteiger partial charge in [-0.1, -0.05) is 12.1 Å². The van der Waals surface area contributed by atoms with Gasteiger partial charge in [-0.25, -0.2) is 10.2 Å². The smallest absolute Gasteiger partial charge is 0.322 e. The van der Waals surface area contributed by atoms with Crippen LogP contribution in [0.5, 0.6) is 0 Å². The molecular formula is C14H19N5O3S. The number of nitrogens with zero attached hydrogens (tertiary/aromatic N) is 1. The van der Waals surface area contributed by atoms with Gasteiger partial charge in [0.2, 0.25) is 0 Å². The number of nitrogens with two attached hydrogens (primary N) is 1. The van der Waals surface area contributed by atoms with Crippen molar-refractivity contribution in [3.63, 3.8) is 0 Å². The van der Waals surface area contributed by atoms with E-state index in [-0.39, 0.29) is 0 Å². The average molecular weight is 337 g/mol. The van der Waals surface area contributed by atoms with Crippen LogP contribution in [0.1, 0.15) is 18.4 Å². The van der Waals surface area contributed by atoms with Gasteiger partial charge in [0.1, 0.15) is 6.04 Å². The number of primary amides is 1. The molecule has 0 spiro atoms. The van der Waals surface area contributed by atoms with Crippen LogP contribution in [0.2, 0.25) is 0 Å². The van der Waals surface area contributed by atoms with Crippen molar-refractivity contribution in [2.75, 3.05) is 6.54 Å². The number of hydrazine groups is 1. The number of urea groups is 1. The molecule has 0 saturated carbocycles. The van der Waals surface area contributed by atoms with Crippen LogP contribution in [0.25, 0.3) is 0 Å². The fraction of sp³-hybridized carbons (Fsp3) is 0.357. The molecule has 6 N–H and O–H groups in total. The highest BCUT2D eigenvalue weighted by molar-refractivity contribution is 7.78. The van der Waals surface area contributed by atoms with Crippen LogP contribution in [-0.2, 0) is 11.3 Å². The Morgan fingerprint density at radius 3 is 2.61 bits per heavy atom. The van der Waals surface area contributed by atoms with Crippen LogP contribution in [0.4, 0.5) is 10.5 Å². The van der Waals surface area contributed by atoms with Gasteiger partial charge in [-0.15, -0.1) is 0 Å². The summed E-state index contributed by atoms with van der Waals surface area (Å²) in [5.41, 5.74) is 12.2. The van der Waals surface area contributed by atoms with Gasteiger partial charge in [-0.3, -0.25) is 10.2 Å². The van der Waals surface area contributed by atoms with Crippen LogP contribution in [-0.4, -0.2) is 34.9 Å². The lowest BCUT2D eigenvalue weighted by Gasteiger charge is -2.15. The molecule has 0 unspecified atom stereocenters. The predicted octanol–water partition coefficient (Wildman–Crippen LogP) is 0.917. The largest absolute Gasteiger partial charge is 0.480 e. The second kappa shape index (κ2) is 10.4. The first-order chi connectivity index (χ1) is 11.0. The van der Waals surface area contributed by atoms with Crippen molar-refractivity contribution in [3.8, 4) is 0 Å². The van der Waals surface area contributed by atoms with Crippen LogP contribution in [0.15, 0.2) is 29.3 Å². The Morgan fingerprint density at radius 1 is 1.35 bits per heavy atom. The van der Waals surface area contributed by atoms with E-state index in [0.717, 1.165) is 5.56 Å². The molecule has 0 radical (unpaired) electrons. The summed E-state index contributed by atoms with van der Waals surface area (Å²) in [5, 5.41) is 13.8. The molecule has 0 aliphatic rings. The Bertz CT molecular complexity index is 572. The van der Waals surface area contributed by atoms with Gasteiger partial charge in [-0.2, -0.15) is 4.99 Å². The predicted molar refractivity (Wildman–Crippen MR) is 89.3 cm³/mol. The third-order valence-corrected chi connectivity index (χ3v) is 3.04. The van der Waals surface area contributed by atoms with Crippen molar-refractivity contribution >= 4 is 35.1 Å².